The van der Waals surface area contributed by atoms with E-state index in [2.05, 4.69) is 19.2 Å². The van der Waals surface area contributed by atoms with Crippen LogP contribution in [-0.2, 0) is 9.84 Å². The number of ether oxygens (including phenoxy) is 1. The summed E-state index contributed by atoms with van der Waals surface area (Å²) in [5.74, 6) is 0.592. The van der Waals surface area contributed by atoms with Crippen LogP contribution in [0.1, 0.15) is 26.7 Å². The summed E-state index contributed by atoms with van der Waals surface area (Å²) in [6.45, 7) is 5.59. The Hall–Kier alpha value is -1.07. The summed E-state index contributed by atoms with van der Waals surface area (Å²) in [7, 11) is -3.17. The summed E-state index contributed by atoms with van der Waals surface area (Å²) >= 11 is 0. The molecule has 0 aromatic heterocycles. The Morgan fingerprint density at radius 3 is 2.53 bits per heavy atom. The molecule has 0 aliphatic rings. The van der Waals surface area contributed by atoms with E-state index in [0.717, 1.165) is 19.4 Å². The van der Waals surface area contributed by atoms with E-state index in [4.69, 9.17) is 4.74 Å². The Morgan fingerprint density at radius 2 is 1.95 bits per heavy atom. The fraction of sp³-hybridized carbons (Fsp3) is 0.571. The van der Waals surface area contributed by atoms with Crippen molar-refractivity contribution in [2.75, 3.05) is 19.4 Å². The Labute approximate surface area is 116 Å². The van der Waals surface area contributed by atoms with Crippen LogP contribution < -0.4 is 10.1 Å². The Morgan fingerprint density at radius 1 is 1.26 bits per heavy atom. The first-order valence-corrected chi connectivity index (χ1v) is 8.52. The number of rotatable bonds is 8. The van der Waals surface area contributed by atoms with Gasteiger partial charge in [-0.05, 0) is 31.0 Å². The lowest BCUT2D eigenvalue weighted by Crippen LogP contribution is -2.31. The molecular weight excluding hydrogens is 262 g/mol. The van der Waals surface area contributed by atoms with Gasteiger partial charge >= 0.3 is 0 Å². The molecule has 19 heavy (non-hydrogen) atoms. The zero-order valence-electron chi connectivity index (χ0n) is 11.8. The minimum atomic E-state index is -3.17. The van der Waals surface area contributed by atoms with Gasteiger partial charge in [-0.2, -0.15) is 0 Å². The summed E-state index contributed by atoms with van der Waals surface area (Å²) in [5, 5.41) is 3.39. The van der Waals surface area contributed by atoms with Gasteiger partial charge in [-0.3, -0.25) is 0 Å². The van der Waals surface area contributed by atoms with Crippen molar-refractivity contribution in [1.29, 1.82) is 0 Å². The molecule has 0 spiro atoms. The average molecular weight is 285 g/mol. The summed E-state index contributed by atoms with van der Waals surface area (Å²) in [4.78, 5) is 0.290. The van der Waals surface area contributed by atoms with Gasteiger partial charge < -0.3 is 10.1 Å². The van der Waals surface area contributed by atoms with Crippen molar-refractivity contribution in [1.82, 2.24) is 5.32 Å². The molecule has 0 fully saturated rings. The normalized spacial score (nSPS) is 11.8. The molecule has 1 rings (SSSR count). The van der Waals surface area contributed by atoms with Crippen LogP contribution in [0.2, 0.25) is 0 Å². The number of benzene rings is 1. The van der Waals surface area contributed by atoms with Crippen molar-refractivity contribution in [2.45, 2.75) is 37.6 Å². The van der Waals surface area contributed by atoms with Crippen molar-refractivity contribution in [3.05, 3.63) is 24.3 Å². The van der Waals surface area contributed by atoms with Crippen molar-refractivity contribution in [3.8, 4) is 5.75 Å². The molecule has 0 aliphatic carbocycles. The molecule has 1 N–H and O–H groups in total. The molecule has 108 valence electrons. The van der Waals surface area contributed by atoms with Crippen molar-refractivity contribution >= 4 is 9.84 Å². The lowest BCUT2D eigenvalue weighted by Gasteiger charge is -2.15. The molecule has 0 amide bonds. The van der Waals surface area contributed by atoms with E-state index in [-0.39, 0.29) is 4.90 Å². The Balaban J connectivity index is 2.46. The van der Waals surface area contributed by atoms with Gasteiger partial charge in [0.2, 0.25) is 0 Å². The second-order valence-corrected chi connectivity index (χ2v) is 6.58. The van der Waals surface area contributed by atoms with Gasteiger partial charge in [0, 0.05) is 18.8 Å². The Kier molecular flexibility index (Phi) is 6.31. The molecule has 0 unspecified atom stereocenters. The molecule has 0 radical (unpaired) electrons. The van der Waals surface area contributed by atoms with E-state index in [9.17, 15) is 8.42 Å². The molecule has 0 bridgehead atoms. The third-order valence-corrected chi connectivity index (χ3v) is 4.13. The summed E-state index contributed by atoms with van der Waals surface area (Å²) in [6, 6.07) is 7.12. The number of hydrogen-bond donors (Lipinski definition) is 1. The fourth-order valence-corrected chi connectivity index (χ4v) is 2.46. The predicted octanol–water partition coefficient (Wildman–Crippen LogP) is 2.25. The quantitative estimate of drug-likeness (QED) is 0.744. The van der Waals surface area contributed by atoms with Gasteiger partial charge in [0.25, 0.3) is 0 Å². The second kappa shape index (κ2) is 7.50. The van der Waals surface area contributed by atoms with Crippen LogP contribution in [0, 0.1) is 0 Å². The van der Waals surface area contributed by atoms with E-state index < -0.39 is 9.84 Å². The fourth-order valence-electron chi connectivity index (χ4n) is 1.80. The van der Waals surface area contributed by atoms with Crippen LogP contribution in [0.15, 0.2) is 29.2 Å². The van der Waals surface area contributed by atoms with Crippen molar-refractivity contribution < 1.29 is 13.2 Å². The summed E-state index contributed by atoms with van der Waals surface area (Å²) in [5.41, 5.74) is 0. The minimum absolute atomic E-state index is 0.290. The van der Waals surface area contributed by atoms with Crippen LogP contribution in [0.3, 0.4) is 0 Å². The van der Waals surface area contributed by atoms with Crippen LogP contribution >= 0.6 is 0 Å². The molecule has 0 saturated heterocycles. The maximum absolute atomic E-state index is 11.4. The molecule has 0 heterocycles. The maximum atomic E-state index is 11.4. The Bertz CT molecular complexity index is 481. The van der Waals surface area contributed by atoms with E-state index in [1.54, 1.807) is 24.3 Å². The third-order valence-electron chi connectivity index (χ3n) is 3.02. The first kappa shape index (κ1) is 16.0. The van der Waals surface area contributed by atoms with Crippen LogP contribution in [0.5, 0.6) is 5.75 Å². The average Bonchev–Trinajstić information content (AvgIpc) is 2.38. The van der Waals surface area contributed by atoms with Crippen LogP contribution in [0.4, 0.5) is 0 Å². The molecule has 1 aromatic rings. The molecule has 0 atom stereocenters. The van der Waals surface area contributed by atoms with Crippen LogP contribution in [0.25, 0.3) is 0 Å². The molecule has 0 aliphatic heterocycles. The van der Waals surface area contributed by atoms with Gasteiger partial charge in [-0.1, -0.05) is 19.9 Å². The summed E-state index contributed by atoms with van der Waals surface area (Å²) < 4.78 is 28.4. The van der Waals surface area contributed by atoms with Gasteiger partial charge in [-0.15, -0.1) is 0 Å². The van der Waals surface area contributed by atoms with Gasteiger partial charge in [0.15, 0.2) is 9.84 Å². The summed E-state index contributed by atoms with van der Waals surface area (Å²) in [6.07, 6.45) is 3.39. The molecule has 4 nitrogen and oxygen atoms in total. The standard InChI is InChI=1S/C14H23NO3S/c1-4-12(5-2)15-9-10-18-13-7-6-8-14(11-13)19(3,16)17/h6-8,11-12,15H,4-5,9-10H2,1-3H3. The first-order valence-electron chi connectivity index (χ1n) is 6.63. The third kappa shape index (κ3) is 5.61. The zero-order valence-corrected chi connectivity index (χ0v) is 12.7. The highest BCUT2D eigenvalue weighted by Crippen LogP contribution is 2.17. The lowest BCUT2D eigenvalue weighted by molar-refractivity contribution is 0.301. The van der Waals surface area contributed by atoms with Gasteiger partial charge in [0.05, 0.1) is 4.90 Å². The lowest BCUT2D eigenvalue weighted by atomic mass is 10.2. The monoisotopic (exact) mass is 285 g/mol. The van der Waals surface area contributed by atoms with E-state index in [1.807, 2.05) is 0 Å². The van der Waals surface area contributed by atoms with E-state index in [1.165, 1.54) is 6.26 Å². The van der Waals surface area contributed by atoms with Gasteiger partial charge in [-0.25, -0.2) is 8.42 Å². The highest BCUT2D eigenvalue weighted by Gasteiger charge is 2.07. The van der Waals surface area contributed by atoms with Crippen molar-refractivity contribution in [3.63, 3.8) is 0 Å². The smallest absolute Gasteiger partial charge is 0.175 e. The van der Waals surface area contributed by atoms with Crippen LogP contribution in [-0.4, -0.2) is 33.9 Å². The predicted molar refractivity (Wildman–Crippen MR) is 77.4 cm³/mol. The van der Waals surface area contributed by atoms with E-state index >= 15 is 0 Å². The highest BCUT2D eigenvalue weighted by molar-refractivity contribution is 7.90. The minimum Gasteiger partial charge on any atom is -0.492 e. The molecule has 5 heteroatoms. The van der Waals surface area contributed by atoms with E-state index in [0.29, 0.717) is 18.4 Å². The number of sulfone groups is 1. The maximum Gasteiger partial charge on any atom is 0.175 e. The first-order chi connectivity index (χ1) is 8.97. The number of hydrogen-bond acceptors (Lipinski definition) is 4. The molecular formula is C14H23NO3S. The topological polar surface area (TPSA) is 55.4 Å². The highest BCUT2D eigenvalue weighted by atomic mass is 32.2. The second-order valence-electron chi connectivity index (χ2n) is 4.56. The van der Waals surface area contributed by atoms with Crippen molar-refractivity contribution in [2.24, 2.45) is 0 Å². The SMILES string of the molecule is CCC(CC)NCCOc1cccc(S(C)(=O)=O)c1. The molecule has 1 aromatic carbocycles. The zero-order chi connectivity index (χ0) is 14.3. The number of nitrogens with one attached hydrogen (secondary N) is 1. The largest absolute Gasteiger partial charge is 0.492 e. The van der Waals surface area contributed by atoms with Gasteiger partial charge in [0.1, 0.15) is 12.4 Å². The molecule has 0 saturated carbocycles.